The van der Waals surface area contributed by atoms with Crippen LogP contribution in [0.3, 0.4) is 0 Å². The Morgan fingerprint density at radius 3 is 2.27 bits per heavy atom. The molecule has 0 aliphatic rings. The minimum Gasteiger partial charge on any atom is -0.384 e. The highest BCUT2D eigenvalue weighted by Crippen LogP contribution is 2.29. The minimum absolute atomic E-state index is 0.251. The smallest absolute Gasteiger partial charge is 0.0737 e. The van der Waals surface area contributed by atoms with Crippen LogP contribution in [0.1, 0.15) is 22.7 Å². The van der Waals surface area contributed by atoms with Gasteiger partial charge in [0.05, 0.1) is 17.1 Å². The van der Waals surface area contributed by atoms with Crippen molar-refractivity contribution in [2.45, 2.75) is 12.5 Å². The van der Waals surface area contributed by atoms with E-state index in [9.17, 15) is 0 Å². The zero-order valence-electron chi connectivity index (χ0n) is 17.8. The second-order valence-electron chi connectivity index (χ2n) is 7.98. The average molecular weight is 473 g/mol. The maximum absolute atomic E-state index is 6.69. The van der Waals surface area contributed by atoms with E-state index >= 15 is 0 Å². The van der Waals surface area contributed by atoms with Crippen LogP contribution in [0.5, 0.6) is 0 Å². The molecule has 5 rings (SSSR count). The molecule has 0 aliphatic carbocycles. The Morgan fingerprint density at radius 1 is 0.788 bits per heavy atom. The Kier molecular flexibility index (Phi) is 6.14. The number of nitrogens with zero attached hydrogens (tertiary/aromatic N) is 2. The Balaban J connectivity index is 1.33. The van der Waals surface area contributed by atoms with Crippen molar-refractivity contribution in [1.82, 2.24) is 9.97 Å². The number of aromatic nitrogens is 2. The van der Waals surface area contributed by atoms with Gasteiger partial charge in [-0.2, -0.15) is 0 Å². The third-order valence-corrected chi connectivity index (χ3v) is 6.29. The molecular weight excluding hydrogens is 451 g/mol. The van der Waals surface area contributed by atoms with Gasteiger partial charge in [0.15, 0.2) is 0 Å². The summed E-state index contributed by atoms with van der Waals surface area (Å²) in [6, 6.07) is 23.7. The molecule has 4 nitrogen and oxygen atoms in total. The summed E-state index contributed by atoms with van der Waals surface area (Å²) < 4.78 is 0. The average Bonchev–Trinajstić information content (AvgIpc) is 2.83. The highest BCUT2D eigenvalue weighted by atomic mass is 35.5. The Hall–Kier alpha value is -3.18. The summed E-state index contributed by atoms with van der Waals surface area (Å²) in [6.45, 7) is 0.789. The molecule has 5 aromatic rings. The summed E-state index contributed by atoms with van der Waals surface area (Å²) in [5, 5.41) is 6.96. The fourth-order valence-electron chi connectivity index (χ4n) is 4.15. The lowest BCUT2D eigenvalue weighted by Crippen LogP contribution is -2.13. The van der Waals surface area contributed by atoms with Crippen molar-refractivity contribution in [1.29, 1.82) is 0 Å². The zero-order valence-corrected chi connectivity index (χ0v) is 19.3. The second-order valence-corrected chi connectivity index (χ2v) is 8.85. The van der Waals surface area contributed by atoms with Crippen molar-refractivity contribution in [3.05, 3.63) is 112 Å². The van der Waals surface area contributed by atoms with Gasteiger partial charge in [-0.05, 0) is 65.6 Å². The third-order valence-electron chi connectivity index (χ3n) is 5.82. The van der Waals surface area contributed by atoms with Gasteiger partial charge in [-0.15, -0.1) is 0 Å². The van der Waals surface area contributed by atoms with Gasteiger partial charge < -0.3 is 11.1 Å². The van der Waals surface area contributed by atoms with Crippen LogP contribution in [-0.2, 0) is 6.42 Å². The van der Waals surface area contributed by atoms with Crippen molar-refractivity contribution in [3.63, 3.8) is 0 Å². The number of nitrogens with two attached hydrogens (primary N) is 1. The van der Waals surface area contributed by atoms with E-state index in [4.69, 9.17) is 28.9 Å². The second kappa shape index (κ2) is 9.36. The van der Waals surface area contributed by atoms with Gasteiger partial charge in [-0.25, -0.2) is 0 Å². The molecule has 0 saturated carbocycles. The number of pyridine rings is 2. The Bertz CT molecular complexity index is 1450. The molecule has 0 saturated heterocycles. The quantitative estimate of drug-likeness (QED) is 0.285. The fraction of sp³-hybridized carbons (Fsp3) is 0.111. The molecule has 0 spiro atoms. The predicted molar refractivity (Wildman–Crippen MR) is 138 cm³/mol. The van der Waals surface area contributed by atoms with Crippen molar-refractivity contribution in [2.24, 2.45) is 5.73 Å². The molecule has 0 aliphatic heterocycles. The summed E-state index contributed by atoms with van der Waals surface area (Å²) >= 11 is 12.2. The van der Waals surface area contributed by atoms with E-state index in [0.29, 0.717) is 10.0 Å². The molecule has 0 bridgehead atoms. The number of halogens is 2. The first kappa shape index (κ1) is 21.7. The van der Waals surface area contributed by atoms with Crippen molar-refractivity contribution >= 4 is 50.7 Å². The zero-order chi connectivity index (χ0) is 22.8. The summed E-state index contributed by atoms with van der Waals surface area (Å²) in [7, 11) is 0. The number of hydrogen-bond acceptors (Lipinski definition) is 4. The Morgan fingerprint density at radius 2 is 1.48 bits per heavy atom. The summed E-state index contributed by atoms with van der Waals surface area (Å²) in [6.07, 6.45) is 4.45. The van der Waals surface area contributed by atoms with E-state index < -0.39 is 0 Å². The number of benzene rings is 3. The number of rotatable bonds is 6. The molecule has 33 heavy (non-hydrogen) atoms. The molecule has 3 N–H and O–H groups in total. The van der Waals surface area contributed by atoms with E-state index in [1.54, 1.807) is 12.4 Å². The SMILES string of the molecule is NC(c1cccc(CCNc2ccnc3cc(Cl)ccc23)c1)c1ccnc2cc(Cl)ccc12. The van der Waals surface area contributed by atoms with Crippen LogP contribution in [0.15, 0.2) is 85.2 Å². The normalized spacial score (nSPS) is 12.2. The lowest BCUT2D eigenvalue weighted by molar-refractivity contribution is 0.872. The van der Waals surface area contributed by atoms with Gasteiger partial charge in [0.2, 0.25) is 0 Å². The van der Waals surface area contributed by atoms with Crippen LogP contribution in [-0.4, -0.2) is 16.5 Å². The highest BCUT2D eigenvalue weighted by molar-refractivity contribution is 6.31. The standard InChI is InChI=1S/C27H22Cl2N4/c28-19-4-6-21-22(9-12-32-25(21)15-19)27(30)18-3-1-2-17(14-18)8-11-31-24-10-13-33-26-16-20(29)5-7-23(24)26/h1-7,9-10,12-16,27H,8,11,30H2,(H,31,33). The molecule has 0 amide bonds. The maximum atomic E-state index is 6.69. The first-order valence-corrected chi connectivity index (χ1v) is 11.5. The summed E-state index contributed by atoms with van der Waals surface area (Å²) in [5.74, 6) is 0. The highest BCUT2D eigenvalue weighted by Gasteiger charge is 2.13. The van der Waals surface area contributed by atoms with E-state index in [0.717, 1.165) is 51.6 Å². The molecule has 3 aromatic carbocycles. The number of hydrogen-bond donors (Lipinski definition) is 2. The first-order chi connectivity index (χ1) is 16.1. The van der Waals surface area contributed by atoms with Crippen molar-refractivity contribution in [3.8, 4) is 0 Å². The Labute approximate surface area is 202 Å². The molecule has 0 fully saturated rings. The molecule has 1 unspecified atom stereocenters. The minimum atomic E-state index is -0.251. The van der Waals surface area contributed by atoms with Crippen LogP contribution in [0.25, 0.3) is 21.8 Å². The van der Waals surface area contributed by atoms with Crippen LogP contribution in [0.4, 0.5) is 5.69 Å². The number of fused-ring (bicyclic) bond motifs is 2. The molecule has 6 heteroatoms. The van der Waals surface area contributed by atoms with Crippen molar-refractivity contribution in [2.75, 3.05) is 11.9 Å². The molecule has 2 heterocycles. The lowest BCUT2D eigenvalue weighted by atomic mass is 9.95. The van der Waals surface area contributed by atoms with E-state index in [2.05, 4.69) is 39.6 Å². The van der Waals surface area contributed by atoms with E-state index in [-0.39, 0.29) is 6.04 Å². The molecule has 0 radical (unpaired) electrons. The van der Waals surface area contributed by atoms with Gasteiger partial charge in [0.1, 0.15) is 0 Å². The molecule has 2 aromatic heterocycles. The number of anilines is 1. The van der Waals surface area contributed by atoms with Crippen LogP contribution in [0.2, 0.25) is 10.0 Å². The monoisotopic (exact) mass is 472 g/mol. The fourth-order valence-corrected chi connectivity index (χ4v) is 4.49. The van der Waals surface area contributed by atoms with Gasteiger partial charge in [-0.1, -0.05) is 53.5 Å². The third kappa shape index (κ3) is 4.64. The van der Waals surface area contributed by atoms with Gasteiger partial charge in [0, 0.05) is 45.4 Å². The molecule has 164 valence electrons. The van der Waals surface area contributed by atoms with Crippen molar-refractivity contribution < 1.29 is 0 Å². The van der Waals surface area contributed by atoms with Gasteiger partial charge in [0.25, 0.3) is 0 Å². The van der Waals surface area contributed by atoms with E-state index in [1.807, 2.05) is 48.5 Å². The predicted octanol–water partition coefficient (Wildman–Crippen LogP) is 6.79. The summed E-state index contributed by atoms with van der Waals surface area (Å²) in [4.78, 5) is 8.84. The lowest BCUT2D eigenvalue weighted by Gasteiger charge is -2.16. The van der Waals surface area contributed by atoms with Crippen LogP contribution in [0, 0.1) is 0 Å². The maximum Gasteiger partial charge on any atom is 0.0737 e. The van der Waals surface area contributed by atoms with Gasteiger partial charge in [-0.3, -0.25) is 9.97 Å². The first-order valence-electron chi connectivity index (χ1n) is 10.8. The molecular formula is C27H22Cl2N4. The van der Waals surface area contributed by atoms with Crippen LogP contribution < -0.4 is 11.1 Å². The van der Waals surface area contributed by atoms with Gasteiger partial charge >= 0.3 is 0 Å². The molecule has 1 atom stereocenters. The van der Waals surface area contributed by atoms with Crippen LogP contribution >= 0.6 is 23.2 Å². The largest absolute Gasteiger partial charge is 0.384 e. The topological polar surface area (TPSA) is 63.8 Å². The summed E-state index contributed by atoms with van der Waals surface area (Å²) in [5.41, 5.74) is 12.8. The number of nitrogens with one attached hydrogen (secondary N) is 1. The van der Waals surface area contributed by atoms with E-state index in [1.165, 1.54) is 5.56 Å².